The van der Waals surface area contributed by atoms with E-state index in [0.717, 1.165) is 25.1 Å². The van der Waals surface area contributed by atoms with Gasteiger partial charge in [-0.25, -0.2) is 0 Å². The van der Waals surface area contributed by atoms with Crippen molar-refractivity contribution < 1.29 is 4.79 Å². The fourth-order valence-corrected chi connectivity index (χ4v) is 2.95. The molecule has 1 fully saturated rings. The Labute approximate surface area is 108 Å². The summed E-state index contributed by atoms with van der Waals surface area (Å²) in [5, 5.41) is 6.52. The van der Waals surface area contributed by atoms with E-state index in [-0.39, 0.29) is 5.91 Å². The molecule has 0 aliphatic carbocycles. The molecule has 1 unspecified atom stereocenters. The van der Waals surface area contributed by atoms with Gasteiger partial charge < -0.3 is 10.6 Å². The highest BCUT2D eigenvalue weighted by Crippen LogP contribution is 2.24. The first-order chi connectivity index (χ1) is 8.81. The summed E-state index contributed by atoms with van der Waals surface area (Å²) in [5.74, 6) is 0.143. The maximum atomic E-state index is 11.3. The van der Waals surface area contributed by atoms with Gasteiger partial charge in [-0.05, 0) is 49.4 Å². The van der Waals surface area contributed by atoms with Crippen LogP contribution in [0.4, 0.5) is 5.69 Å². The van der Waals surface area contributed by atoms with Crippen molar-refractivity contribution in [3.8, 4) is 0 Å². The van der Waals surface area contributed by atoms with Crippen molar-refractivity contribution in [2.75, 3.05) is 11.9 Å². The topological polar surface area (TPSA) is 41.1 Å². The predicted molar refractivity (Wildman–Crippen MR) is 72.7 cm³/mol. The van der Waals surface area contributed by atoms with Crippen LogP contribution in [0.3, 0.4) is 0 Å². The van der Waals surface area contributed by atoms with E-state index in [0.29, 0.717) is 12.5 Å². The van der Waals surface area contributed by atoms with Crippen molar-refractivity contribution in [1.29, 1.82) is 0 Å². The molecule has 0 aromatic heterocycles. The van der Waals surface area contributed by atoms with Crippen LogP contribution in [0.5, 0.6) is 0 Å². The monoisotopic (exact) mass is 244 g/mol. The molecule has 1 atom stereocenters. The predicted octanol–water partition coefficient (Wildman–Crippen LogP) is 2.26. The van der Waals surface area contributed by atoms with Gasteiger partial charge in [0.15, 0.2) is 0 Å². The molecule has 0 saturated carbocycles. The lowest BCUT2D eigenvalue weighted by atomic mass is 9.94. The van der Waals surface area contributed by atoms with Gasteiger partial charge in [0, 0.05) is 18.2 Å². The van der Waals surface area contributed by atoms with E-state index in [4.69, 9.17) is 0 Å². The van der Waals surface area contributed by atoms with Crippen LogP contribution in [0, 0.1) is 0 Å². The van der Waals surface area contributed by atoms with Crippen LogP contribution >= 0.6 is 0 Å². The summed E-state index contributed by atoms with van der Waals surface area (Å²) in [7, 11) is 0. The van der Waals surface area contributed by atoms with Crippen LogP contribution in [-0.2, 0) is 17.6 Å². The maximum absolute atomic E-state index is 11.3. The molecule has 3 heteroatoms. The number of nitrogens with one attached hydrogen (secondary N) is 2. The third kappa shape index (κ3) is 2.56. The molecule has 2 N–H and O–H groups in total. The highest BCUT2D eigenvalue weighted by molar-refractivity contribution is 5.93. The summed E-state index contributed by atoms with van der Waals surface area (Å²) in [5.41, 5.74) is 3.69. The molecule has 1 saturated heterocycles. The van der Waals surface area contributed by atoms with E-state index in [1.165, 1.54) is 30.4 Å². The van der Waals surface area contributed by atoms with Crippen LogP contribution in [0.25, 0.3) is 0 Å². The third-order valence-corrected chi connectivity index (χ3v) is 3.96. The van der Waals surface area contributed by atoms with Gasteiger partial charge in [0.2, 0.25) is 5.91 Å². The molecule has 2 heterocycles. The number of carbonyl (C=O) groups excluding carboxylic acids is 1. The number of hydrogen-bond donors (Lipinski definition) is 2. The molecular weight excluding hydrogens is 224 g/mol. The summed E-state index contributed by atoms with van der Waals surface area (Å²) in [4.78, 5) is 11.3. The van der Waals surface area contributed by atoms with Crippen LogP contribution in [0.15, 0.2) is 18.2 Å². The first-order valence-corrected chi connectivity index (χ1v) is 6.96. The number of anilines is 1. The number of piperidine rings is 1. The SMILES string of the molecule is O=C1CCc2cc(CC3CCCCN3)ccc2N1. The molecule has 3 nitrogen and oxygen atoms in total. The van der Waals surface area contributed by atoms with Gasteiger partial charge in [-0.15, -0.1) is 0 Å². The molecule has 0 radical (unpaired) electrons. The zero-order chi connectivity index (χ0) is 12.4. The average molecular weight is 244 g/mol. The number of rotatable bonds is 2. The number of aryl methyl sites for hydroxylation is 1. The van der Waals surface area contributed by atoms with Gasteiger partial charge in [-0.2, -0.15) is 0 Å². The zero-order valence-corrected chi connectivity index (χ0v) is 10.7. The van der Waals surface area contributed by atoms with Crippen molar-refractivity contribution >= 4 is 11.6 Å². The second-order valence-corrected chi connectivity index (χ2v) is 5.39. The van der Waals surface area contributed by atoms with Crippen molar-refractivity contribution in [3.63, 3.8) is 0 Å². The van der Waals surface area contributed by atoms with E-state index < -0.39 is 0 Å². The number of fused-ring (bicyclic) bond motifs is 1. The van der Waals surface area contributed by atoms with Crippen LogP contribution in [-0.4, -0.2) is 18.5 Å². The van der Waals surface area contributed by atoms with Crippen LogP contribution in [0.2, 0.25) is 0 Å². The van der Waals surface area contributed by atoms with Crippen molar-refractivity contribution in [2.24, 2.45) is 0 Å². The van der Waals surface area contributed by atoms with Gasteiger partial charge >= 0.3 is 0 Å². The van der Waals surface area contributed by atoms with Crippen molar-refractivity contribution in [1.82, 2.24) is 5.32 Å². The zero-order valence-electron chi connectivity index (χ0n) is 10.7. The van der Waals surface area contributed by atoms with E-state index in [9.17, 15) is 4.79 Å². The highest BCUT2D eigenvalue weighted by atomic mass is 16.1. The third-order valence-electron chi connectivity index (χ3n) is 3.96. The molecule has 2 aliphatic heterocycles. The molecule has 1 aromatic rings. The number of benzene rings is 1. The van der Waals surface area contributed by atoms with Gasteiger partial charge in [-0.1, -0.05) is 18.6 Å². The fraction of sp³-hybridized carbons (Fsp3) is 0.533. The quantitative estimate of drug-likeness (QED) is 0.838. The molecule has 3 rings (SSSR count). The average Bonchev–Trinajstić information content (AvgIpc) is 2.40. The lowest BCUT2D eigenvalue weighted by Crippen LogP contribution is -2.35. The fourth-order valence-electron chi connectivity index (χ4n) is 2.95. The summed E-state index contributed by atoms with van der Waals surface area (Å²) >= 11 is 0. The van der Waals surface area contributed by atoms with E-state index >= 15 is 0 Å². The molecule has 0 spiro atoms. The summed E-state index contributed by atoms with van der Waals surface area (Å²) in [6.45, 7) is 1.16. The largest absolute Gasteiger partial charge is 0.326 e. The minimum Gasteiger partial charge on any atom is -0.326 e. The Morgan fingerprint density at radius 1 is 1.22 bits per heavy atom. The molecular formula is C15H20N2O. The standard InChI is InChI=1S/C15H20N2O/c18-15-7-5-12-9-11(4-6-14(12)17-15)10-13-3-1-2-8-16-13/h4,6,9,13,16H,1-3,5,7-8,10H2,(H,17,18). The van der Waals surface area contributed by atoms with Gasteiger partial charge in [0.25, 0.3) is 0 Å². The number of carbonyl (C=O) groups is 1. The van der Waals surface area contributed by atoms with Gasteiger partial charge in [0.05, 0.1) is 0 Å². The van der Waals surface area contributed by atoms with Gasteiger partial charge in [0.1, 0.15) is 0 Å². The molecule has 1 aromatic carbocycles. The second kappa shape index (κ2) is 5.11. The van der Waals surface area contributed by atoms with Crippen LogP contribution < -0.4 is 10.6 Å². The van der Waals surface area contributed by atoms with E-state index in [1.54, 1.807) is 0 Å². The Hall–Kier alpha value is -1.35. The Morgan fingerprint density at radius 3 is 3.00 bits per heavy atom. The molecule has 0 bridgehead atoms. The Bertz CT molecular complexity index is 450. The lowest BCUT2D eigenvalue weighted by molar-refractivity contribution is -0.116. The Balaban J connectivity index is 1.71. The first kappa shape index (κ1) is 11.7. The van der Waals surface area contributed by atoms with E-state index in [2.05, 4.69) is 28.8 Å². The Morgan fingerprint density at radius 2 is 2.17 bits per heavy atom. The summed E-state index contributed by atoms with van der Waals surface area (Å²) in [6.07, 6.45) is 6.56. The number of amides is 1. The smallest absolute Gasteiger partial charge is 0.224 e. The normalized spacial score (nSPS) is 23.3. The Kier molecular flexibility index (Phi) is 3.33. The van der Waals surface area contributed by atoms with E-state index in [1.807, 2.05) is 0 Å². The molecule has 96 valence electrons. The minimum atomic E-state index is 0.143. The van der Waals surface area contributed by atoms with Gasteiger partial charge in [-0.3, -0.25) is 4.79 Å². The lowest BCUT2D eigenvalue weighted by Gasteiger charge is -2.24. The first-order valence-electron chi connectivity index (χ1n) is 6.96. The maximum Gasteiger partial charge on any atom is 0.224 e. The summed E-state index contributed by atoms with van der Waals surface area (Å²) in [6, 6.07) is 7.12. The molecule has 1 amide bonds. The number of hydrogen-bond acceptors (Lipinski definition) is 2. The molecule has 18 heavy (non-hydrogen) atoms. The second-order valence-electron chi connectivity index (χ2n) is 5.39. The summed E-state index contributed by atoms with van der Waals surface area (Å²) < 4.78 is 0. The minimum absolute atomic E-state index is 0.143. The molecule has 2 aliphatic rings. The van der Waals surface area contributed by atoms with Crippen molar-refractivity contribution in [3.05, 3.63) is 29.3 Å². The highest BCUT2D eigenvalue weighted by Gasteiger charge is 2.17. The van der Waals surface area contributed by atoms with Crippen molar-refractivity contribution in [2.45, 2.75) is 44.6 Å². The van der Waals surface area contributed by atoms with Crippen LogP contribution in [0.1, 0.15) is 36.8 Å².